The predicted octanol–water partition coefficient (Wildman–Crippen LogP) is 3.84. The third-order valence-corrected chi connectivity index (χ3v) is 6.50. The number of aromatic nitrogens is 2. The lowest BCUT2D eigenvalue weighted by molar-refractivity contribution is 0.147. The molecule has 0 saturated carbocycles. The Morgan fingerprint density at radius 2 is 1.85 bits per heavy atom. The van der Waals surface area contributed by atoms with Crippen LogP contribution >= 0.6 is 0 Å². The molecule has 0 radical (unpaired) electrons. The number of aliphatic hydroxyl groups excluding tert-OH is 1. The molecule has 0 aliphatic carbocycles. The van der Waals surface area contributed by atoms with Crippen LogP contribution in [0.3, 0.4) is 0 Å². The molecule has 0 unspecified atom stereocenters. The minimum Gasteiger partial charge on any atom is -0.496 e. The number of hydrogen-bond donors (Lipinski definition) is 3. The highest BCUT2D eigenvalue weighted by atomic mass is 16.5. The van der Waals surface area contributed by atoms with E-state index in [0.717, 1.165) is 70.8 Å². The lowest BCUT2D eigenvalue weighted by Gasteiger charge is -2.35. The van der Waals surface area contributed by atoms with Gasteiger partial charge in [-0.2, -0.15) is 0 Å². The van der Waals surface area contributed by atoms with Crippen molar-refractivity contribution in [2.45, 2.75) is 0 Å². The summed E-state index contributed by atoms with van der Waals surface area (Å²) in [6.45, 7) is 4.19. The number of ether oxygens (including phenoxy) is 1. The minimum absolute atomic E-state index is 0.178. The van der Waals surface area contributed by atoms with Gasteiger partial charge >= 0.3 is 0 Å². The fourth-order valence-electron chi connectivity index (χ4n) is 4.62. The topological polar surface area (TPSA) is 88.5 Å². The Balaban J connectivity index is 1.43. The van der Waals surface area contributed by atoms with Crippen molar-refractivity contribution in [3.05, 3.63) is 72.6 Å². The second-order valence-corrected chi connectivity index (χ2v) is 8.50. The summed E-state index contributed by atoms with van der Waals surface area (Å²) < 4.78 is 5.57. The SMILES string of the molecule is COc1ccccc1-c1c[nH]c2ncc(-c3cccc(C(=N)N4CCN(CCO)CC4)c3)cc12. The smallest absolute Gasteiger partial charge is 0.137 e. The highest BCUT2D eigenvalue weighted by Gasteiger charge is 2.20. The lowest BCUT2D eigenvalue weighted by atomic mass is 10.00. The number of β-amino-alcohol motifs (C(OH)–C–C–N with tert-alkyl or cyclic N) is 1. The normalized spacial score (nSPS) is 14.5. The average molecular weight is 456 g/mol. The van der Waals surface area contributed by atoms with E-state index in [0.29, 0.717) is 12.4 Å². The molecular formula is C27H29N5O2. The van der Waals surface area contributed by atoms with E-state index in [9.17, 15) is 0 Å². The quantitative estimate of drug-likeness (QED) is 0.304. The van der Waals surface area contributed by atoms with Crippen molar-refractivity contribution in [1.82, 2.24) is 19.8 Å². The van der Waals surface area contributed by atoms with Crippen molar-refractivity contribution in [3.8, 4) is 28.0 Å². The summed E-state index contributed by atoms with van der Waals surface area (Å²) >= 11 is 0. The Morgan fingerprint density at radius 3 is 2.65 bits per heavy atom. The van der Waals surface area contributed by atoms with E-state index in [4.69, 9.17) is 15.3 Å². The molecule has 0 atom stereocenters. The van der Waals surface area contributed by atoms with Gasteiger partial charge in [-0.3, -0.25) is 10.3 Å². The second-order valence-electron chi connectivity index (χ2n) is 8.50. The largest absolute Gasteiger partial charge is 0.496 e. The van der Waals surface area contributed by atoms with Crippen LogP contribution < -0.4 is 4.74 Å². The fraction of sp³-hybridized carbons (Fsp3) is 0.259. The van der Waals surface area contributed by atoms with E-state index in [1.165, 1.54) is 0 Å². The van der Waals surface area contributed by atoms with E-state index >= 15 is 0 Å². The summed E-state index contributed by atoms with van der Waals surface area (Å²) in [6, 6.07) is 18.3. The zero-order valence-electron chi connectivity index (χ0n) is 19.3. The Hall–Kier alpha value is -3.68. The standard InChI is InChI=1S/C27H29N5O2/c1-34-25-8-3-2-7-22(25)24-18-30-27-23(24)16-21(17-29-27)19-5-4-6-20(15-19)26(28)32-11-9-31(10-12-32)13-14-33/h2-8,15-18,28,33H,9-14H2,1H3,(H,29,30). The molecule has 3 N–H and O–H groups in total. The molecule has 1 aliphatic heterocycles. The Kier molecular flexibility index (Phi) is 6.29. The van der Waals surface area contributed by atoms with E-state index in [2.05, 4.69) is 44.0 Å². The molecule has 7 nitrogen and oxygen atoms in total. The zero-order chi connectivity index (χ0) is 23.5. The van der Waals surface area contributed by atoms with Crippen LogP contribution in [-0.2, 0) is 0 Å². The molecule has 174 valence electrons. The number of H-pyrrole nitrogens is 1. The lowest BCUT2D eigenvalue weighted by Crippen LogP contribution is -2.49. The number of aromatic amines is 1. The third kappa shape index (κ3) is 4.27. The monoisotopic (exact) mass is 455 g/mol. The summed E-state index contributed by atoms with van der Waals surface area (Å²) in [5.74, 6) is 1.36. The first-order valence-corrected chi connectivity index (χ1v) is 11.6. The summed E-state index contributed by atoms with van der Waals surface area (Å²) in [4.78, 5) is 12.3. The molecular weight excluding hydrogens is 426 g/mol. The highest BCUT2D eigenvalue weighted by molar-refractivity contribution is 5.99. The van der Waals surface area contributed by atoms with Crippen LogP contribution in [0.25, 0.3) is 33.3 Å². The minimum atomic E-state index is 0.178. The maximum Gasteiger partial charge on any atom is 0.137 e. The Bertz CT molecular complexity index is 1310. The summed E-state index contributed by atoms with van der Waals surface area (Å²) in [7, 11) is 1.68. The second kappa shape index (κ2) is 9.67. The van der Waals surface area contributed by atoms with Gasteiger partial charge in [0.15, 0.2) is 0 Å². The van der Waals surface area contributed by atoms with Crippen molar-refractivity contribution >= 4 is 16.9 Å². The molecule has 1 fully saturated rings. The zero-order valence-corrected chi connectivity index (χ0v) is 19.3. The molecule has 0 spiro atoms. The van der Waals surface area contributed by atoms with Gasteiger partial charge in [-0.05, 0) is 23.8 Å². The Labute approximate surface area is 199 Å². The van der Waals surface area contributed by atoms with E-state index in [1.807, 2.05) is 42.7 Å². The molecule has 5 rings (SSSR count). The average Bonchev–Trinajstić information content (AvgIpc) is 3.32. The van der Waals surface area contributed by atoms with Gasteiger partial charge in [0.2, 0.25) is 0 Å². The maximum absolute atomic E-state index is 9.16. The first-order chi connectivity index (χ1) is 16.7. The number of benzene rings is 2. The van der Waals surface area contributed by atoms with Crippen LogP contribution in [-0.4, -0.2) is 77.2 Å². The number of para-hydroxylation sites is 1. The van der Waals surface area contributed by atoms with Gasteiger partial charge in [0.05, 0.1) is 13.7 Å². The van der Waals surface area contributed by atoms with E-state index in [-0.39, 0.29) is 6.61 Å². The van der Waals surface area contributed by atoms with Gasteiger partial charge < -0.3 is 19.7 Å². The van der Waals surface area contributed by atoms with E-state index in [1.54, 1.807) is 7.11 Å². The molecule has 2 aromatic heterocycles. The highest BCUT2D eigenvalue weighted by Crippen LogP contribution is 2.36. The predicted molar refractivity (Wildman–Crippen MR) is 135 cm³/mol. The summed E-state index contributed by atoms with van der Waals surface area (Å²) in [5.41, 5.74) is 5.83. The fourth-order valence-corrected chi connectivity index (χ4v) is 4.62. The number of nitrogens with one attached hydrogen (secondary N) is 2. The number of piperazine rings is 1. The number of pyridine rings is 1. The van der Waals surface area contributed by atoms with Crippen LogP contribution in [0, 0.1) is 5.41 Å². The van der Waals surface area contributed by atoms with Gasteiger partial charge in [0, 0.05) is 72.8 Å². The van der Waals surface area contributed by atoms with Gasteiger partial charge in [0.1, 0.15) is 17.2 Å². The number of nitrogens with zero attached hydrogens (tertiary/aromatic N) is 3. The number of fused-ring (bicyclic) bond motifs is 1. The summed E-state index contributed by atoms with van der Waals surface area (Å²) in [5, 5.41) is 19.0. The first-order valence-electron chi connectivity index (χ1n) is 11.6. The number of rotatable bonds is 6. The molecule has 1 saturated heterocycles. The number of methoxy groups -OCH3 is 1. The Morgan fingerprint density at radius 1 is 1.03 bits per heavy atom. The van der Waals surface area contributed by atoms with Crippen LogP contribution in [0.5, 0.6) is 5.75 Å². The molecule has 3 heterocycles. The number of amidine groups is 1. The van der Waals surface area contributed by atoms with Crippen LogP contribution in [0.15, 0.2) is 67.0 Å². The van der Waals surface area contributed by atoms with Gasteiger partial charge in [0.25, 0.3) is 0 Å². The van der Waals surface area contributed by atoms with Crippen LogP contribution in [0.2, 0.25) is 0 Å². The third-order valence-electron chi connectivity index (χ3n) is 6.50. The van der Waals surface area contributed by atoms with Crippen LogP contribution in [0.4, 0.5) is 0 Å². The molecule has 7 heteroatoms. The maximum atomic E-state index is 9.16. The molecule has 0 amide bonds. The molecule has 1 aliphatic rings. The van der Waals surface area contributed by atoms with Crippen molar-refractivity contribution in [1.29, 1.82) is 5.41 Å². The first kappa shape index (κ1) is 22.1. The van der Waals surface area contributed by atoms with Crippen molar-refractivity contribution < 1.29 is 9.84 Å². The van der Waals surface area contributed by atoms with Gasteiger partial charge in [-0.1, -0.05) is 36.4 Å². The van der Waals surface area contributed by atoms with Crippen molar-refractivity contribution in [2.24, 2.45) is 0 Å². The van der Waals surface area contributed by atoms with Crippen molar-refractivity contribution in [3.63, 3.8) is 0 Å². The van der Waals surface area contributed by atoms with Crippen molar-refractivity contribution in [2.75, 3.05) is 46.4 Å². The molecule has 0 bridgehead atoms. The van der Waals surface area contributed by atoms with Gasteiger partial charge in [-0.15, -0.1) is 0 Å². The molecule has 2 aromatic carbocycles. The van der Waals surface area contributed by atoms with Gasteiger partial charge in [-0.25, -0.2) is 4.98 Å². The van der Waals surface area contributed by atoms with E-state index < -0.39 is 0 Å². The molecule has 34 heavy (non-hydrogen) atoms. The molecule has 4 aromatic rings. The number of aliphatic hydroxyl groups is 1. The summed E-state index contributed by atoms with van der Waals surface area (Å²) in [6.07, 6.45) is 3.85. The van der Waals surface area contributed by atoms with Crippen LogP contribution in [0.1, 0.15) is 5.56 Å². The number of hydrogen-bond acceptors (Lipinski definition) is 5.